The lowest BCUT2D eigenvalue weighted by molar-refractivity contribution is 0.489. The van der Waals surface area contributed by atoms with Crippen LogP contribution in [-0.2, 0) is 6.54 Å². The van der Waals surface area contributed by atoms with Crippen LogP contribution < -0.4 is 5.32 Å². The summed E-state index contributed by atoms with van der Waals surface area (Å²) in [7, 11) is 0. The van der Waals surface area contributed by atoms with Gasteiger partial charge in [0.2, 0.25) is 0 Å². The second kappa shape index (κ2) is 9.25. The van der Waals surface area contributed by atoms with Crippen molar-refractivity contribution in [2.45, 2.75) is 32.2 Å². The highest BCUT2D eigenvalue weighted by Crippen LogP contribution is 2.32. The molecule has 0 amide bonds. The van der Waals surface area contributed by atoms with Crippen molar-refractivity contribution in [3.8, 4) is 33.8 Å². The Morgan fingerprint density at radius 2 is 1.89 bits per heavy atom. The van der Waals surface area contributed by atoms with Gasteiger partial charge < -0.3 is 14.7 Å². The van der Waals surface area contributed by atoms with Crippen molar-refractivity contribution in [3.05, 3.63) is 67.1 Å². The van der Waals surface area contributed by atoms with Crippen LogP contribution in [0.25, 0.3) is 56.0 Å². The zero-order chi connectivity index (χ0) is 24.6. The van der Waals surface area contributed by atoms with Crippen molar-refractivity contribution < 1.29 is 4.42 Å². The molecule has 9 heteroatoms. The highest BCUT2D eigenvalue weighted by atomic mass is 16.3. The van der Waals surface area contributed by atoms with Crippen molar-refractivity contribution in [1.29, 1.82) is 0 Å². The molecule has 3 N–H and O–H groups in total. The lowest BCUT2D eigenvalue weighted by Gasteiger charge is -2.11. The molecule has 0 unspecified atom stereocenters. The maximum atomic E-state index is 5.27. The summed E-state index contributed by atoms with van der Waals surface area (Å²) in [5.41, 5.74) is 7.92. The average molecular weight is 491 g/mol. The largest absolute Gasteiger partial charge is 0.472 e. The van der Waals surface area contributed by atoms with E-state index in [-0.39, 0.29) is 0 Å². The lowest BCUT2D eigenvalue weighted by atomic mass is 10.1. The van der Waals surface area contributed by atoms with Crippen LogP contribution in [0, 0.1) is 5.92 Å². The standard InChI is InChI=1S/C28H26N8O/c1-2-4-17(3-1)11-29-12-18-9-20(14-30-13-18)21-10-23-25(35-36-26(23)32-15-21)28-33-24-22(19-6-8-37-16-19)5-7-31-27(24)34-28/h5-10,13-17,29H,1-4,11-12H2,(H,31,33,34)(H,32,35,36). The van der Waals surface area contributed by atoms with Gasteiger partial charge in [-0.15, -0.1) is 0 Å². The molecule has 1 saturated carbocycles. The summed E-state index contributed by atoms with van der Waals surface area (Å²) in [5, 5.41) is 12.1. The van der Waals surface area contributed by atoms with Gasteiger partial charge >= 0.3 is 0 Å². The maximum absolute atomic E-state index is 5.27. The van der Waals surface area contributed by atoms with E-state index in [0.29, 0.717) is 22.8 Å². The fraction of sp³-hybridized carbons (Fsp3) is 0.250. The van der Waals surface area contributed by atoms with E-state index in [1.165, 1.54) is 25.7 Å². The Hall–Kier alpha value is -4.37. The van der Waals surface area contributed by atoms with Crippen molar-refractivity contribution in [2.24, 2.45) is 5.92 Å². The maximum Gasteiger partial charge on any atom is 0.161 e. The Kier molecular flexibility index (Phi) is 5.47. The monoisotopic (exact) mass is 490 g/mol. The highest BCUT2D eigenvalue weighted by molar-refractivity contribution is 5.95. The smallest absolute Gasteiger partial charge is 0.161 e. The quantitative estimate of drug-likeness (QED) is 0.270. The van der Waals surface area contributed by atoms with Gasteiger partial charge in [0, 0.05) is 53.6 Å². The Labute approximate surface area is 212 Å². The fourth-order valence-corrected chi connectivity index (χ4v) is 5.29. The van der Waals surface area contributed by atoms with Crippen LogP contribution in [0.4, 0.5) is 0 Å². The lowest BCUT2D eigenvalue weighted by Crippen LogP contribution is -2.20. The number of H-pyrrole nitrogens is 2. The number of hydrogen-bond acceptors (Lipinski definition) is 7. The first-order valence-electron chi connectivity index (χ1n) is 12.7. The minimum atomic E-state index is 0.631. The molecule has 0 aliphatic heterocycles. The van der Waals surface area contributed by atoms with Gasteiger partial charge in [0.1, 0.15) is 11.2 Å². The third kappa shape index (κ3) is 4.17. The van der Waals surface area contributed by atoms with Gasteiger partial charge in [-0.3, -0.25) is 10.1 Å². The molecule has 0 saturated heterocycles. The molecule has 1 aliphatic rings. The first kappa shape index (κ1) is 21.9. The van der Waals surface area contributed by atoms with Gasteiger partial charge in [-0.1, -0.05) is 12.8 Å². The summed E-state index contributed by atoms with van der Waals surface area (Å²) in [5.74, 6) is 1.44. The van der Waals surface area contributed by atoms with E-state index in [4.69, 9.17) is 9.40 Å². The van der Waals surface area contributed by atoms with Crippen molar-refractivity contribution in [2.75, 3.05) is 6.54 Å². The van der Waals surface area contributed by atoms with Gasteiger partial charge in [-0.05, 0) is 55.1 Å². The van der Waals surface area contributed by atoms with Crippen LogP contribution in [0.1, 0.15) is 31.2 Å². The molecule has 1 fully saturated rings. The second-order valence-corrected chi connectivity index (χ2v) is 9.71. The number of imidazole rings is 1. The van der Waals surface area contributed by atoms with Gasteiger partial charge in [0.15, 0.2) is 17.1 Å². The van der Waals surface area contributed by atoms with Gasteiger partial charge in [0.05, 0.1) is 17.9 Å². The first-order valence-corrected chi connectivity index (χ1v) is 12.7. The number of nitrogens with zero attached hydrogens (tertiary/aromatic N) is 5. The summed E-state index contributed by atoms with van der Waals surface area (Å²) in [4.78, 5) is 21.8. The fourth-order valence-electron chi connectivity index (χ4n) is 5.29. The molecule has 9 nitrogen and oxygen atoms in total. The molecule has 6 aromatic heterocycles. The van der Waals surface area contributed by atoms with Crippen molar-refractivity contribution in [3.63, 3.8) is 0 Å². The topological polar surface area (TPSA) is 121 Å². The summed E-state index contributed by atoms with van der Waals surface area (Å²) in [6.07, 6.45) is 16.2. The third-order valence-electron chi connectivity index (χ3n) is 7.22. The molecule has 0 bridgehead atoms. The predicted octanol–water partition coefficient (Wildman–Crippen LogP) is 5.50. The van der Waals surface area contributed by atoms with Crippen molar-refractivity contribution in [1.82, 2.24) is 40.4 Å². The summed E-state index contributed by atoms with van der Waals surface area (Å²) < 4.78 is 5.27. The number of aromatic nitrogens is 7. The van der Waals surface area contributed by atoms with Crippen LogP contribution in [0.5, 0.6) is 0 Å². The van der Waals surface area contributed by atoms with Crippen LogP contribution in [0.3, 0.4) is 0 Å². The number of hydrogen-bond donors (Lipinski definition) is 3. The molecule has 0 atom stereocenters. The Bertz CT molecular complexity index is 1680. The van der Waals surface area contributed by atoms with Crippen LogP contribution in [0.15, 0.2) is 66.0 Å². The molecule has 7 rings (SSSR count). The van der Waals surface area contributed by atoms with Crippen LogP contribution >= 0.6 is 0 Å². The van der Waals surface area contributed by atoms with E-state index in [1.54, 1.807) is 18.7 Å². The number of fused-ring (bicyclic) bond motifs is 2. The summed E-state index contributed by atoms with van der Waals surface area (Å²) in [6.45, 7) is 1.89. The molecular formula is C28H26N8O. The zero-order valence-corrected chi connectivity index (χ0v) is 20.2. The Morgan fingerprint density at radius 3 is 2.78 bits per heavy atom. The molecule has 37 heavy (non-hydrogen) atoms. The SMILES string of the molecule is c1cc(-c2ccoc2)c2nc(-c3n[nH]c4ncc(-c5cncc(CNCC6CCCC6)c5)cc34)[nH]c2n1. The minimum Gasteiger partial charge on any atom is -0.472 e. The van der Waals surface area contributed by atoms with E-state index in [1.807, 2.05) is 30.7 Å². The molecule has 6 aromatic rings. The van der Waals surface area contributed by atoms with E-state index in [9.17, 15) is 0 Å². The average Bonchev–Trinajstić information content (AvgIpc) is 3.74. The Balaban J connectivity index is 1.20. The molecule has 1 aliphatic carbocycles. The van der Waals surface area contributed by atoms with E-state index in [2.05, 4.69) is 47.6 Å². The molecular weight excluding hydrogens is 464 g/mol. The normalized spacial score (nSPS) is 14.3. The van der Waals surface area contributed by atoms with E-state index < -0.39 is 0 Å². The van der Waals surface area contributed by atoms with Crippen LogP contribution in [0.2, 0.25) is 0 Å². The van der Waals surface area contributed by atoms with Gasteiger partial charge in [0.25, 0.3) is 0 Å². The van der Waals surface area contributed by atoms with E-state index in [0.717, 1.165) is 57.7 Å². The molecule has 6 heterocycles. The summed E-state index contributed by atoms with van der Waals surface area (Å²) in [6, 6.07) is 8.11. The molecule has 0 aromatic carbocycles. The number of furan rings is 1. The highest BCUT2D eigenvalue weighted by Gasteiger charge is 2.18. The number of pyridine rings is 3. The van der Waals surface area contributed by atoms with E-state index >= 15 is 0 Å². The molecule has 0 spiro atoms. The summed E-state index contributed by atoms with van der Waals surface area (Å²) >= 11 is 0. The van der Waals surface area contributed by atoms with Gasteiger partial charge in [-0.2, -0.15) is 5.10 Å². The molecule has 0 radical (unpaired) electrons. The minimum absolute atomic E-state index is 0.631. The van der Waals surface area contributed by atoms with Gasteiger partial charge in [-0.25, -0.2) is 15.0 Å². The number of aromatic amines is 2. The van der Waals surface area contributed by atoms with Crippen molar-refractivity contribution >= 4 is 22.2 Å². The number of nitrogens with one attached hydrogen (secondary N) is 3. The second-order valence-electron chi connectivity index (χ2n) is 9.71. The first-order chi connectivity index (χ1) is 18.3. The van der Waals surface area contributed by atoms with Crippen LogP contribution in [-0.4, -0.2) is 41.7 Å². The predicted molar refractivity (Wildman–Crippen MR) is 141 cm³/mol. The number of rotatable bonds is 7. The Morgan fingerprint density at radius 1 is 0.973 bits per heavy atom. The third-order valence-corrected chi connectivity index (χ3v) is 7.22. The zero-order valence-electron chi connectivity index (χ0n) is 20.2. The molecule has 184 valence electrons.